The second-order valence-corrected chi connectivity index (χ2v) is 7.59. The van der Waals surface area contributed by atoms with Gasteiger partial charge in [0, 0.05) is 30.9 Å². The first kappa shape index (κ1) is 20.1. The van der Waals surface area contributed by atoms with Crippen molar-refractivity contribution in [2.45, 2.75) is 46.2 Å². The second-order valence-electron chi connectivity index (χ2n) is 7.59. The number of anilines is 1. The van der Waals surface area contributed by atoms with Gasteiger partial charge >= 0.3 is 0 Å². The van der Waals surface area contributed by atoms with E-state index >= 15 is 0 Å². The highest BCUT2D eigenvalue weighted by Crippen LogP contribution is 2.28. The zero-order chi connectivity index (χ0) is 21.1. The van der Waals surface area contributed by atoms with E-state index in [1.165, 1.54) is 0 Å². The molecule has 0 bridgehead atoms. The van der Waals surface area contributed by atoms with Crippen molar-refractivity contribution >= 4 is 22.8 Å². The van der Waals surface area contributed by atoms with E-state index in [0.29, 0.717) is 19.1 Å². The molecule has 1 saturated heterocycles. The molecule has 30 heavy (non-hydrogen) atoms. The molecule has 1 N–H and O–H groups in total. The molecule has 3 aromatic rings. The van der Waals surface area contributed by atoms with E-state index < -0.39 is 0 Å². The van der Waals surface area contributed by atoms with Crippen molar-refractivity contribution in [1.29, 1.82) is 0 Å². The van der Waals surface area contributed by atoms with Crippen LogP contribution in [-0.2, 0) is 11.3 Å². The molecular weight excluding hydrogens is 378 g/mol. The molecule has 0 saturated carbocycles. The average Bonchev–Trinajstić information content (AvgIpc) is 3.23. The van der Waals surface area contributed by atoms with Crippen molar-refractivity contribution in [2.24, 2.45) is 0 Å². The molecular formula is C23H27N5O2. The number of fused-ring (bicyclic) bond motifs is 1. The minimum atomic E-state index is -0.258. The van der Waals surface area contributed by atoms with Gasteiger partial charge in [-0.1, -0.05) is 0 Å². The zero-order valence-electron chi connectivity index (χ0n) is 17.7. The predicted octanol–water partition coefficient (Wildman–Crippen LogP) is 3.33. The lowest BCUT2D eigenvalue weighted by Gasteiger charge is -2.24. The Morgan fingerprint density at radius 3 is 2.93 bits per heavy atom. The summed E-state index contributed by atoms with van der Waals surface area (Å²) in [6, 6.07) is 7.53. The Morgan fingerprint density at radius 2 is 2.13 bits per heavy atom. The summed E-state index contributed by atoms with van der Waals surface area (Å²) in [6.45, 7) is 7.82. The van der Waals surface area contributed by atoms with Crippen LogP contribution in [0.2, 0.25) is 0 Å². The van der Waals surface area contributed by atoms with Gasteiger partial charge in [-0.15, -0.1) is 0 Å². The summed E-state index contributed by atoms with van der Waals surface area (Å²) in [7, 11) is 0. The molecule has 7 nitrogen and oxygen atoms in total. The van der Waals surface area contributed by atoms with Gasteiger partial charge in [0.2, 0.25) is 11.9 Å². The Labute approximate surface area is 176 Å². The summed E-state index contributed by atoms with van der Waals surface area (Å²) in [5.74, 6) is 1.44. The number of hydrogen-bond acceptors (Lipinski definition) is 6. The van der Waals surface area contributed by atoms with Gasteiger partial charge in [0.1, 0.15) is 11.8 Å². The fourth-order valence-electron chi connectivity index (χ4n) is 3.91. The second kappa shape index (κ2) is 8.65. The number of aryl methyl sites for hydroxylation is 2. The van der Waals surface area contributed by atoms with Crippen molar-refractivity contribution in [1.82, 2.24) is 20.3 Å². The highest BCUT2D eigenvalue weighted by atomic mass is 16.5. The lowest BCUT2D eigenvalue weighted by atomic mass is 10.1. The van der Waals surface area contributed by atoms with E-state index in [1.54, 1.807) is 6.20 Å². The molecule has 156 valence electrons. The standard InChI is InChI=1S/C23H27N5O2/c1-4-30-18-7-8-20-19(12-18)16(3)26-23(27-20)28-11-5-6-21(28)22(29)25-14-17-9-10-24-13-15(17)2/h7-10,12-13,21H,4-6,11,14H2,1-3H3,(H,25,29)/t21-/m1/s1. The molecule has 0 unspecified atom stereocenters. The lowest BCUT2D eigenvalue weighted by Crippen LogP contribution is -2.43. The van der Waals surface area contributed by atoms with Gasteiger partial charge in [-0.2, -0.15) is 0 Å². The lowest BCUT2D eigenvalue weighted by molar-refractivity contribution is -0.122. The number of carbonyl (C=O) groups excluding carboxylic acids is 1. The van der Waals surface area contributed by atoms with E-state index in [1.807, 2.05) is 56.1 Å². The Kier molecular flexibility index (Phi) is 5.79. The van der Waals surface area contributed by atoms with Gasteiger partial charge in [0.15, 0.2) is 0 Å². The summed E-state index contributed by atoms with van der Waals surface area (Å²) >= 11 is 0. The Morgan fingerprint density at radius 1 is 1.27 bits per heavy atom. The number of nitrogens with one attached hydrogen (secondary N) is 1. The highest BCUT2D eigenvalue weighted by Gasteiger charge is 2.32. The number of aromatic nitrogens is 3. The number of nitrogens with zero attached hydrogens (tertiary/aromatic N) is 4. The van der Waals surface area contributed by atoms with Crippen LogP contribution in [0, 0.1) is 13.8 Å². The van der Waals surface area contributed by atoms with Gasteiger partial charge in [-0.25, -0.2) is 9.97 Å². The van der Waals surface area contributed by atoms with Gasteiger partial charge in [-0.05, 0) is 69.0 Å². The minimum absolute atomic E-state index is 0.0109. The quantitative estimate of drug-likeness (QED) is 0.678. The number of amides is 1. The molecule has 1 aliphatic rings. The van der Waals surface area contributed by atoms with Crippen molar-refractivity contribution in [3.05, 3.63) is 53.5 Å². The van der Waals surface area contributed by atoms with Crippen LogP contribution in [0.5, 0.6) is 5.75 Å². The third kappa shape index (κ3) is 4.06. The smallest absolute Gasteiger partial charge is 0.243 e. The predicted molar refractivity (Wildman–Crippen MR) is 117 cm³/mol. The maximum atomic E-state index is 12.9. The Hall–Kier alpha value is -3.22. The molecule has 2 aromatic heterocycles. The van der Waals surface area contributed by atoms with Crippen molar-refractivity contribution in [3.63, 3.8) is 0 Å². The van der Waals surface area contributed by atoms with Crippen LogP contribution in [0.4, 0.5) is 5.95 Å². The van der Waals surface area contributed by atoms with E-state index in [2.05, 4.69) is 10.3 Å². The number of hydrogen-bond donors (Lipinski definition) is 1. The van der Waals surface area contributed by atoms with E-state index in [4.69, 9.17) is 14.7 Å². The Bertz CT molecular complexity index is 1070. The first-order chi connectivity index (χ1) is 14.6. The van der Waals surface area contributed by atoms with Crippen LogP contribution in [-0.4, -0.2) is 40.1 Å². The highest BCUT2D eigenvalue weighted by molar-refractivity contribution is 5.87. The minimum Gasteiger partial charge on any atom is -0.494 e. The number of pyridine rings is 1. The molecule has 0 spiro atoms. The molecule has 1 atom stereocenters. The van der Waals surface area contributed by atoms with Crippen LogP contribution in [0.25, 0.3) is 10.9 Å². The van der Waals surface area contributed by atoms with Crippen LogP contribution in [0.1, 0.15) is 36.6 Å². The number of benzene rings is 1. The number of rotatable bonds is 6. The molecule has 1 amide bonds. The molecule has 1 fully saturated rings. The van der Waals surface area contributed by atoms with Crippen LogP contribution in [0.3, 0.4) is 0 Å². The molecule has 3 heterocycles. The van der Waals surface area contributed by atoms with Crippen molar-refractivity contribution in [3.8, 4) is 5.75 Å². The van der Waals surface area contributed by atoms with Crippen LogP contribution in [0.15, 0.2) is 36.7 Å². The van der Waals surface area contributed by atoms with E-state index in [0.717, 1.165) is 52.9 Å². The first-order valence-electron chi connectivity index (χ1n) is 10.4. The zero-order valence-corrected chi connectivity index (χ0v) is 17.7. The Balaban J connectivity index is 1.54. The van der Waals surface area contributed by atoms with E-state index in [-0.39, 0.29) is 11.9 Å². The summed E-state index contributed by atoms with van der Waals surface area (Å²) in [5, 5.41) is 4.04. The summed E-state index contributed by atoms with van der Waals surface area (Å²) in [6.07, 6.45) is 5.30. The number of ether oxygens (including phenoxy) is 1. The SMILES string of the molecule is CCOc1ccc2nc(N3CCC[C@@H]3C(=O)NCc3ccncc3C)nc(C)c2c1. The fourth-order valence-corrected chi connectivity index (χ4v) is 3.91. The normalized spacial score (nSPS) is 16.1. The average molecular weight is 406 g/mol. The van der Waals surface area contributed by atoms with Gasteiger partial charge in [0.25, 0.3) is 0 Å². The van der Waals surface area contributed by atoms with Crippen LogP contribution < -0.4 is 15.0 Å². The molecule has 0 radical (unpaired) electrons. The third-order valence-electron chi connectivity index (χ3n) is 5.56. The van der Waals surface area contributed by atoms with Crippen molar-refractivity contribution < 1.29 is 9.53 Å². The third-order valence-corrected chi connectivity index (χ3v) is 5.56. The van der Waals surface area contributed by atoms with Gasteiger partial charge < -0.3 is 15.0 Å². The first-order valence-corrected chi connectivity index (χ1v) is 10.4. The summed E-state index contributed by atoms with van der Waals surface area (Å²) in [4.78, 5) is 28.5. The molecule has 4 rings (SSSR count). The monoisotopic (exact) mass is 405 g/mol. The molecule has 0 aliphatic carbocycles. The topological polar surface area (TPSA) is 80.2 Å². The van der Waals surface area contributed by atoms with Crippen molar-refractivity contribution in [2.75, 3.05) is 18.1 Å². The molecule has 1 aliphatic heterocycles. The fraction of sp³-hybridized carbons (Fsp3) is 0.391. The largest absolute Gasteiger partial charge is 0.494 e. The van der Waals surface area contributed by atoms with E-state index in [9.17, 15) is 4.79 Å². The molecule has 7 heteroatoms. The maximum Gasteiger partial charge on any atom is 0.243 e. The summed E-state index contributed by atoms with van der Waals surface area (Å²) < 4.78 is 5.60. The van der Waals surface area contributed by atoms with Crippen LogP contribution >= 0.6 is 0 Å². The number of carbonyl (C=O) groups is 1. The maximum absolute atomic E-state index is 12.9. The summed E-state index contributed by atoms with van der Waals surface area (Å²) in [5.41, 5.74) is 3.89. The van der Waals surface area contributed by atoms with Gasteiger partial charge in [-0.3, -0.25) is 9.78 Å². The molecule has 1 aromatic carbocycles. The van der Waals surface area contributed by atoms with Gasteiger partial charge in [0.05, 0.1) is 17.8 Å².